The first-order valence-corrected chi connectivity index (χ1v) is 19.2. The summed E-state index contributed by atoms with van der Waals surface area (Å²) in [5.74, 6) is 0.516. The normalized spacial score (nSPS) is 19.1. The Morgan fingerprint density at radius 3 is 2.33 bits per heavy atom. The highest BCUT2D eigenvalue weighted by molar-refractivity contribution is 6.03. The van der Waals surface area contributed by atoms with Crippen LogP contribution < -0.4 is 9.64 Å². The Hall–Kier alpha value is -6.02. The van der Waals surface area contributed by atoms with Crippen LogP contribution in [-0.2, 0) is 10.8 Å². The van der Waals surface area contributed by atoms with Gasteiger partial charge in [0.15, 0.2) is 5.71 Å². The van der Waals surface area contributed by atoms with Crippen molar-refractivity contribution in [3.05, 3.63) is 171 Å². The standard InChI is InChI=1S/C47H48N4O4/c1-7-49-38-23-14-12-21-36(38)46(3,4)42(49)29-25-32-19-16-20-33(26-30-43-47(5,6)37-22-13-15-24-39(37)50(43)8-2)44(32)55-41-28-27-35(31-40(41)51(53)54)48-45(52)34-17-10-9-11-18-34/h9-15,17-18,21-31H,7-8,16,19-20H2,1-6H3/p+1. The third-order valence-corrected chi connectivity index (χ3v) is 11.2. The highest BCUT2D eigenvalue weighted by Crippen LogP contribution is 2.48. The Bertz CT molecular complexity index is 2340. The zero-order valence-electron chi connectivity index (χ0n) is 32.5. The summed E-state index contributed by atoms with van der Waals surface area (Å²) in [7, 11) is 0. The van der Waals surface area contributed by atoms with Crippen LogP contribution in [0.3, 0.4) is 0 Å². The fourth-order valence-electron chi connectivity index (χ4n) is 8.36. The molecule has 0 saturated heterocycles. The molecular formula is C47H49N4O4+. The first-order valence-electron chi connectivity index (χ1n) is 19.2. The number of likely N-dealkylation sites (N-methyl/N-ethyl adjacent to an activating group) is 1. The monoisotopic (exact) mass is 733 g/mol. The molecule has 2 aliphatic heterocycles. The van der Waals surface area contributed by atoms with E-state index in [-0.39, 0.29) is 33.9 Å². The van der Waals surface area contributed by atoms with E-state index >= 15 is 0 Å². The van der Waals surface area contributed by atoms with Gasteiger partial charge in [-0.15, -0.1) is 0 Å². The Kier molecular flexibility index (Phi) is 10.2. The molecule has 0 unspecified atom stereocenters. The van der Waals surface area contributed by atoms with Gasteiger partial charge in [0.2, 0.25) is 17.3 Å². The number of para-hydroxylation sites is 2. The van der Waals surface area contributed by atoms with Gasteiger partial charge in [-0.2, -0.15) is 4.58 Å². The average Bonchev–Trinajstić information content (AvgIpc) is 3.55. The maximum atomic E-state index is 12.6. The molecule has 0 spiro atoms. The van der Waals surface area contributed by atoms with Crippen molar-refractivity contribution < 1.29 is 19.3 Å². The minimum Gasteiger partial charge on any atom is -0.493 e. The number of aliphatic hydroxyl groups excluding tert-OH is 1. The van der Waals surface area contributed by atoms with Crippen molar-refractivity contribution in [1.29, 1.82) is 0 Å². The summed E-state index contributed by atoms with van der Waals surface area (Å²) in [4.78, 5) is 18.8. The van der Waals surface area contributed by atoms with Crippen LogP contribution in [0.1, 0.15) is 77.5 Å². The van der Waals surface area contributed by atoms with Crippen LogP contribution >= 0.6 is 0 Å². The van der Waals surface area contributed by atoms with Gasteiger partial charge in [0.1, 0.15) is 12.3 Å². The fourth-order valence-corrected chi connectivity index (χ4v) is 8.36. The van der Waals surface area contributed by atoms with Crippen molar-refractivity contribution >= 4 is 34.4 Å². The zero-order valence-corrected chi connectivity index (χ0v) is 32.5. The molecule has 0 atom stereocenters. The summed E-state index contributed by atoms with van der Waals surface area (Å²) in [6, 6.07) is 30.6. The minimum absolute atomic E-state index is 0.115. The van der Waals surface area contributed by atoms with Gasteiger partial charge in [0.25, 0.3) is 0 Å². The van der Waals surface area contributed by atoms with Gasteiger partial charge < -0.3 is 14.7 Å². The second-order valence-corrected chi connectivity index (χ2v) is 15.3. The number of ether oxygens (including phenoxy) is 1. The molecular weight excluding hydrogens is 685 g/mol. The molecule has 7 rings (SSSR count). The van der Waals surface area contributed by atoms with Crippen LogP contribution in [0.4, 0.5) is 22.7 Å². The topological polar surface area (TPSA) is 91.2 Å². The smallest absolute Gasteiger partial charge is 0.313 e. The summed E-state index contributed by atoms with van der Waals surface area (Å²) >= 11 is 0. The molecule has 2 heterocycles. The molecule has 0 saturated carbocycles. The van der Waals surface area contributed by atoms with E-state index in [0.717, 1.165) is 43.5 Å². The number of aliphatic imine (C=N–C) groups is 1. The van der Waals surface area contributed by atoms with E-state index in [4.69, 9.17) is 4.74 Å². The lowest BCUT2D eigenvalue weighted by Crippen LogP contribution is -2.27. The van der Waals surface area contributed by atoms with Crippen LogP contribution in [0, 0.1) is 10.1 Å². The molecule has 4 aromatic rings. The molecule has 8 heteroatoms. The van der Waals surface area contributed by atoms with E-state index in [9.17, 15) is 15.2 Å². The quantitative estimate of drug-likeness (QED) is 0.0576. The predicted molar refractivity (Wildman–Crippen MR) is 223 cm³/mol. The number of anilines is 1. The Labute approximate surface area is 324 Å². The summed E-state index contributed by atoms with van der Waals surface area (Å²) in [6.07, 6.45) is 11.1. The van der Waals surface area contributed by atoms with Crippen LogP contribution in [0.5, 0.6) is 5.75 Å². The first-order chi connectivity index (χ1) is 26.4. The highest BCUT2D eigenvalue weighted by atomic mass is 16.6. The second kappa shape index (κ2) is 15.0. The van der Waals surface area contributed by atoms with E-state index in [1.807, 2.05) is 6.07 Å². The van der Waals surface area contributed by atoms with Crippen molar-refractivity contribution in [3.63, 3.8) is 0 Å². The number of hydrogen-bond acceptors (Lipinski definition) is 5. The SMILES string of the molecule is CCN1C(=CC=C2CCCC(C=CC3=[N+](CC)c4ccccc4C3(C)C)=C2Oc2ccc(N=C(O)c3ccccc3)cc2[N+](=O)[O-])C(C)(C)c2ccccc21. The van der Waals surface area contributed by atoms with Crippen molar-refractivity contribution in [2.45, 2.75) is 71.6 Å². The van der Waals surface area contributed by atoms with Crippen molar-refractivity contribution in [2.75, 3.05) is 18.0 Å². The summed E-state index contributed by atoms with van der Waals surface area (Å²) in [5.41, 5.74) is 9.45. The summed E-state index contributed by atoms with van der Waals surface area (Å²) in [5, 5.41) is 23.3. The number of hydrogen-bond donors (Lipinski definition) is 1. The van der Waals surface area contributed by atoms with Gasteiger partial charge in [-0.1, -0.05) is 74.5 Å². The second-order valence-electron chi connectivity index (χ2n) is 15.3. The Balaban J connectivity index is 1.34. The molecule has 0 amide bonds. The van der Waals surface area contributed by atoms with Gasteiger partial charge in [0.05, 0.1) is 16.0 Å². The molecule has 1 N–H and O–H groups in total. The Morgan fingerprint density at radius 1 is 0.891 bits per heavy atom. The van der Waals surface area contributed by atoms with E-state index in [1.165, 1.54) is 40.0 Å². The molecule has 8 nitrogen and oxygen atoms in total. The number of nitrogens with zero attached hydrogens (tertiary/aromatic N) is 4. The third-order valence-electron chi connectivity index (χ3n) is 11.2. The number of aliphatic hydroxyl groups is 1. The van der Waals surface area contributed by atoms with Gasteiger partial charge >= 0.3 is 5.69 Å². The number of fused-ring (bicyclic) bond motifs is 2. The van der Waals surface area contributed by atoms with Gasteiger partial charge in [-0.05, 0) is 106 Å². The molecule has 280 valence electrons. The fraction of sp³-hybridized carbons (Fsp3) is 0.277. The number of allylic oxidation sites excluding steroid dienone is 7. The van der Waals surface area contributed by atoms with Crippen LogP contribution in [0.2, 0.25) is 0 Å². The maximum absolute atomic E-state index is 12.6. The van der Waals surface area contributed by atoms with E-state index in [1.54, 1.807) is 36.4 Å². The van der Waals surface area contributed by atoms with Crippen LogP contribution in [-0.4, -0.2) is 39.3 Å². The van der Waals surface area contributed by atoms with Crippen LogP contribution in [0.15, 0.2) is 149 Å². The number of benzene rings is 4. The minimum atomic E-state index is -0.456. The molecule has 0 bridgehead atoms. The lowest BCUT2D eigenvalue weighted by molar-refractivity contribution is -0.433. The van der Waals surface area contributed by atoms with Crippen molar-refractivity contribution in [1.82, 2.24) is 0 Å². The zero-order chi connectivity index (χ0) is 38.9. The summed E-state index contributed by atoms with van der Waals surface area (Å²) in [6.45, 7) is 15.0. The number of nitro groups is 1. The van der Waals surface area contributed by atoms with E-state index < -0.39 is 4.92 Å². The highest BCUT2D eigenvalue weighted by Gasteiger charge is 2.43. The maximum Gasteiger partial charge on any atom is 0.313 e. The van der Waals surface area contributed by atoms with Gasteiger partial charge in [-0.3, -0.25) is 10.1 Å². The molecule has 1 aliphatic carbocycles. The molecule has 4 aromatic carbocycles. The third kappa shape index (κ3) is 6.93. The van der Waals surface area contributed by atoms with E-state index in [0.29, 0.717) is 11.3 Å². The van der Waals surface area contributed by atoms with Crippen LogP contribution in [0.25, 0.3) is 0 Å². The first kappa shape index (κ1) is 37.3. The molecule has 55 heavy (non-hydrogen) atoms. The van der Waals surface area contributed by atoms with Crippen molar-refractivity contribution in [2.24, 2.45) is 4.99 Å². The molecule has 0 aromatic heterocycles. The molecule has 3 aliphatic rings. The lowest BCUT2D eigenvalue weighted by Gasteiger charge is -2.26. The predicted octanol–water partition coefficient (Wildman–Crippen LogP) is 11.3. The molecule has 0 fully saturated rings. The summed E-state index contributed by atoms with van der Waals surface area (Å²) < 4.78 is 9.09. The molecule has 0 radical (unpaired) electrons. The van der Waals surface area contributed by atoms with Gasteiger partial charge in [0, 0.05) is 52.7 Å². The van der Waals surface area contributed by atoms with Gasteiger partial charge in [-0.25, -0.2) is 4.99 Å². The van der Waals surface area contributed by atoms with Crippen molar-refractivity contribution in [3.8, 4) is 5.75 Å². The lowest BCUT2D eigenvalue weighted by atomic mass is 9.81. The average molecular weight is 734 g/mol. The number of rotatable bonds is 10. The largest absolute Gasteiger partial charge is 0.493 e. The van der Waals surface area contributed by atoms with E-state index in [2.05, 4.69) is 129 Å². The Morgan fingerprint density at radius 2 is 1.60 bits per heavy atom. The number of nitro benzene ring substituents is 1.